The number of anilines is 3. The number of fused-ring (bicyclic) bond motifs is 1. The van der Waals surface area contributed by atoms with Crippen molar-refractivity contribution in [2.75, 3.05) is 29.6 Å². The van der Waals surface area contributed by atoms with Crippen LogP contribution in [-0.4, -0.2) is 47.7 Å². The van der Waals surface area contributed by atoms with Gasteiger partial charge >= 0.3 is 0 Å². The van der Waals surface area contributed by atoms with E-state index in [2.05, 4.69) is 30.2 Å². The van der Waals surface area contributed by atoms with Crippen LogP contribution in [0.4, 0.5) is 21.8 Å². The Labute approximate surface area is 199 Å². The van der Waals surface area contributed by atoms with E-state index in [0.717, 1.165) is 43.8 Å². The number of halogens is 2. The fourth-order valence-corrected chi connectivity index (χ4v) is 4.79. The molecule has 34 heavy (non-hydrogen) atoms. The quantitative estimate of drug-likeness (QED) is 0.425. The summed E-state index contributed by atoms with van der Waals surface area (Å²) < 4.78 is 43.6. The van der Waals surface area contributed by atoms with Crippen LogP contribution in [0, 0.1) is 5.82 Å². The molecule has 1 aromatic carbocycles. The van der Waals surface area contributed by atoms with Crippen molar-refractivity contribution in [1.82, 2.24) is 19.9 Å². The van der Waals surface area contributed by atoms with Gasteiger partial charge in [0.15, 0.2) is 21.2 Å². The Bertz CT molecular complexity index is 1450. The molecule has 0 saturated carbocycles. The highest BCUT2D eigenvalue weighted by Gasteiger charge is 2.26. The molecule has 4 aromatic rings. The second-order valence-corrected chi connectivity index (χ2v) is 10.5. The number of sulfone groups is 1. The maximum absolute atomic E-state index is 14.5. The van der Waals surface area contributed by atoms with Crippen molar-refractivity contribution in [2.24, 2.45) is 0 Å². The summed E-state index contributed by atoms with van der Waals surface area (Å²) in [5.74, 6) is 0.462. The summed E-state index contributed by atoms with van der Waals surface area (Å²) in [7, 11) is -3.51. The molecule has 9 nitrogen and oxygen atoms in total. The van der Waals surface area contributed by atoms with Gasteiger partial charge in [-0.15, -0.1) is 0 Å². The van der Waals surface area contributed by atoms with Crippen LogP contribution in [0.15, 0.2) is 52.5 Å². The van der Waals surface area contributed by atoms with Crippen molar-refractivity contribution in [2.45, 2.75) is 23.7 Å². The monoisotopic (exact) mass is 502 g/mol. The van der Waals surface area contributed by atoms with Gasteiger partial charge < -0.3 is 14.6 Å². The molecule has 3 aromatic heterocycles. The summed E-state index contributed by atoms with van der Waals surface area (Å²) in [6.45, 7) is 1.54. The Morgan fingerprint density at radius 3 is 2.56 bits per heavy atom. The molecule has 176 valence electrons. The summed E-state index contributed by atoms with van der Waals surface area (Å²) in [4.78, 5) is 19.2. The lowest BCUT2D eigenvalue weighted by atomic mass is 9.90. The highest BCUT2D eigenvalue weighted by molar-refractivity contribution is 7.90. The van der Waals surface area contributed by atoms with E-state index in [1.54, 1.807) is 18.7 Å². The van der Waals surface area contributed by atoms with Crippen LogP contribution in [-0.2, 0) is 9.84 Å². The van der Waals surface area contributed by atoms with Crippen LogP contribution in [0.25, 0.3) is 11.1 Å². The molecule has 1 fully saturated rings. The minimum atomic E-state index is -3.51. The Kier molecular flexibility index (Phi) is 5.82. The molecule has 0 atom stereocenters. The lowest BCUT2D eigenvalue weighted by Gasteiger charge is -2.31. The maximum atomic E-state index is 14.5. The molecule has 0 aliphatic carbocycles. The van der Waals surface area contributed by atoms with Gasteiger partial charge in [0.2, 0.25) is 5.95 Å². The average Bonchev–Trinajstić information content (AvgIpc) is 3.25. The molecular formula is C22H20ClFN6O3S. The topological polar surface area (TPSA) is 114 Å². The predicted octanol–water partition coefficient (Wildman–Crippen LogP) is 4.34. The summed E-state index contributed by atoms with van der Waals surface area (Å²) in [6, 6.07) is 3.67. The highest BCUT2D eigenvalue weighted by Crippen LogP contribution is 2.36. The van der Waals surface area contributed by atoms with Crippen LogP contribution in [0.2, 0.25) is 5.02 Å². The molecule has 12 heteroatoms. The van der Waals surface area contributed by atoms with E-state index in [0.29, 0.717) is 27.9 Å². The zero-order valence-electron chi connectivity index (χ0n) is 18.1. The van der Waals surface area contributed by atoms with E-state index in [9.17, 15) is 12.8 Å². The van der Waals surface area contributed by atoms with Gasteiger partial charge in [0.25, 0.3) is 0 Å². The molecule has 0 radical (unpaired) electrons. The molecule has 1 saturated heterocycles. The molecule has 4 heterocycles. The van der Waals surface area contributed by atoms with E-state index in [-0.39, 0.29) is 16.5 Å². The Hall–Kier alpha value is -3.31. The molecule has 0 bridgehead atoms. The van der Waals surface area contributed by atoms with Crippen molar-refractivity contribution < 1.29 is 17.2 Å². The van der Waals surface area contributed by atoms with Gasteiger partial charge in [-0.1, -0.05) is 11.6 Å². The molecule has 5 rings (SSSR count). The van der Waals surface area contributed by atoms with Gasteiger partial charge in [-0.3, -0.25) is 0 Å². The number of piperidine rings is 1. The van der Waals surface area contributed by atoms with Gasteiger partial charge in [-0.25, -0.2) is 32.7 Å². The van der Waals surface area contributed by atoms with Crippen LogP contribution >= 0.6 is 11.6 Å². The molecule has 1 N–H and O–H groups in total. The van der Waals surface area contributed by atoms with Gasteiger partial charge in [0, 0.05) is 24.9 Å². The first-order valence-corrected chi connectivity index (χ1v) is 12.8. The highest BCUT2D eigenvalue weighted by atomic mass is 35.5. The van der Waals surface area contributed by atoms with E-state index in [1.807, 2.05) is 0 Å². The van der Waals surface area contributed by atoms with Crippen LogP contribution in [0.1, 0.15) is 24.3 Å². The largest absolute Gasteiger partial charge is 0.458 e. The SMILES string of the molecule is CS(=O)(=O)c1ccc(Nc2ncnc3c(C4CCN(c5ncc(Cl)cn5)CC4)coc23)c(F)c1. The predicted molar refractivity (Wildman–Crippen MR) is 126 cm³/mol. The Morgan fingerprint density at radius 2 is 1.88 bits per heavy atom. The van der Waals surface area contributed by atoms with E-state index < -0.39 is 15.7 Å². The minimum Gasteiger partial charge on any atom is -0.458 e. The number of benzene rings is 1. The lowest BCUT2D eigenvalue weighted by Crippen LogP contribution is -2.34. The second-order valence-electron chi connectivity index (χ2n) is 8.09. The average molecular weight is 503 g/mol. The maximum Gasteiger partial charge on any atom is 0.225 e. The fraction of sp³-hybridized carbons (Fsp3) is 0.273. The van der Waals surface area contributed by atoms with Gasteiger partial charge in [-0.05, 0) is 37.0 Å². The van der Waals surface area contributed by atoms with Crippen LogP contribution in [0.3, 0.4) is 0 Å². The Balaban J connectivity index is 1.36. The zero-order valence-corrected chi connectivity index (χ0v) is 19.6. The number of nitrogens with zero attached hydrogens (tertiary/aromatic N) is 5. The fourth-order valence-electron chi connectivity index (χ4n) is 4.06. The number of aromatic nitrogens is 4. The summed E-state index contributed by atoms with van der Waals surface area (Å²) in [6.07, 6.45) is 8.98. The molecule has 1 aliphatic heterocycles. The standard InChI is InChI=1S/C22H20ClFN6O3S/c1-34(31,32)15-2-3-18(17(24)8-15)29-21-20-19(27-12-28-21)16(11-33-20)13-4-6-30(7-5-13)22-25-9-14(23)10-26-22/h2-3,8-13H,4-7H2,1H3,(H,27,28,29). The first-order chi connectivity index (χ1) is 16.3. The summed E-state index contributed by atoms with van der Waals surface area (Å²) in [5, 5.41) is 3.39. The van der Waals surface area contributed by atoms with Crippen molar-refractivity contribution >= 4 is 50.0 Å². The van der Waals surface area contributed by atoms with Gasteiger partial charge in [0.1, 0.15) is 17.7 Å². The van der Waals surface area contributed by atoms with Gasteiger partial charge in [0.05, 0.1) is 34.3 Å². The van der Waals surface area contributed by atoms with E-state index >= 15 is 0 Å². The molecule has 0 spiro atoms. The third kappa shape index (κ3) is 4.40. The van der Waals surface area contributed by atoms with E-state index in [4.69, 9.17) is 16.0 Å². The van der Waals surface area contributed by atoms with Crippen LogP contribution < -0.4 is 10.2 Å². The smallest absolute Gasteiger partial charge is 0.225 e. The normalized spacial score (nSPS) is 15.1. The van der Waals surface area contributed by atoms with Crippen molar-refractivity contribution in [3.05, 3.63) is 59.6 Å². The number of hydrogen-bond donors (Lipinski definition) is 1. The third-order valence-corrected chi connectivity index (χ3v) is 7.13. The summed E-state index contributed by atoms with van der Waals surface area (Å²) in [5.41, 5.74) is 2.12. The Morgan fingerprint density at radius 1 is 1.15 bits per heavy atom. The number of hydrogen-bond acceptors (Lipinski definition) is 9. The van der Waals surface area contributed by atoms with E-state index in [1.165, 1.54) is 18.5 Å². The van der Waals surface area contributed by atoms with Crippen molar-refractivity contribution in [3.8, 4) is 0 Å². The molecule has 0 amide bonds. The zero-order chi connectivity index (χ0) is 23.9. The van der Waals surface area contributed by atoms with Crippen molar-refractivity contribution in [3.63, 3.8) is 0 Å². The summed E-state index contributed by atoms with van der Waals surface area (Å²) >= 11 is 5.88. The lowest BCUT2D eigenvalue weighted by molar-refractivity contribution is 0.493. The number of nitrogens with one attached hydrogen (secondary N) is 1. The molecule has 0 unspecified atom stereocenters. The van der Waals surface area contributed by atoms with Gasteiger partial charge in [-0.2, -0.15) is 0 Å². The van der Waals surface area contributed by atoms with Crippen molar-refractivity contribution in [1.29, 1.82) is 0 Å². The molecular weight excluding hydrogens is 483 g/mol. The number of furan rings is 1. The minimum absolute atomic E-state index is 0.0848. The number of rotatable bonds is 5. The first kappa shape index (κ1) is 22.5. The third-order valence-electron chi connectivity index (χ3n) is 5.83. The van der Waals surface area contributed by atoms with Crippen LogP contribution in [0.5, 0.6) is 0 Å². The second kappa shape index (κ2) is 8.80. The molecule has 1 aliphatic rings. The first-order valence-electron chi connectivity index (χ1n) is 10.5.